The number of aliphatic hydroxyl groups is 1. The second kappa shape index (κ2) is 15.6. The topological polar surface area (TPSA) is 211 Å². The minimum Gasteiger partial charge on any atom is -0.481 e. The molecule has 0 rings (SSSR count). The lowest BCUT2D eigenvalue weighted by Crippen LogP contribution is -2.50. The van der Waals surface area contributed by atoms with E-state index in [1.54, 1.807) is 0 Å². The molecule has 0 spiro atoms. The van der Waals surface area contributed by atoms with Crippen LogP contribution in [0.5, 0.6) is 0 Å². The van der Waals surface area contributed by atoms with E-state index in [4.69, 9.17) is 24.4 Å². The summed E-state index contributed by atoms with van der Waals surface area (Å²) in [6.07, 6.45) is -0.977. The summed E-state index contributed by atoms with van der Waals surface area (Å²) in [7, 11) is 0. The molecule has 4 N–H and O–H groups in total. The Morgan fingerprint density at radius 1 is 0.629 bits per heavy atom. The summed E-state index contributed by atoms with van der Waals surface area (Å²) in [5, 5.41) is 37.8. The molecular weight excluding hydrogens is 472 g/mol. The van der Waals surface area contributed by atoms with Crippen molar-refractivity contribution in [3.05, 3.63) is 0 Å². The van der Waals surface area contributed by atoms with Gasteiger partial charge >= 0.3 is 35.8 Å². The molecule has 0 radical (unpaired) electrons. The predicted octanol–water partition coefficient (Wildman–Crippen LogP) is 1.28. The molecule has 13 nitrogen and oxygen atoms in total. The number of rotatable bonds is 19. The van der Waals surface area contributed by atoms with Crippen LogP contribution in [0.2, 0.25) is 0 Å². The highest BCUT2D eigenvalue weighted by atomic mass is 16.6. The molecule has 0 aliphatic heterocycles. The molecule has 1 atom stereocenters. The lowest BCUT2D eigenvalue weighted by Gasteiger charge is -2.29. The Labute approximate surface area is 202 Å². The SMILES string of the molecule is CCCCCOC(=O)CC(CC(=O)OCCCCC)(OC(=O)CC(O)(CC(=O)O)C(=O)O)C(=O)O. The molecule has 0 fully saturated rings. The summed E-state index contributed by atoms with van der Waals surface area (Å²) in [5.41, 5.74) is -5.95. The Morgan fingerprint density at radius 2 is 1.09 bits per heavy atom. The molecule has 0 saturated heterocycles. The molecule has 0 aliphatic rings. The number of carboxylic acid groups (broad SMARTS) is 3. The van der Waals surface area contributed by atoms with Crippen molar-refractivity contribution in [1.29, 1.82) is 0 Å². The van der Waals surface area contributed by atoms with Gasteiger partial charge in [0.2, 0.25) is 5.60 Å². The second-order valence-corrected chi connectivity index (χ2v) is 8.07. The molecule has 13 heteroatoms. The van der Waals surface area contributed by atoms with E-state index in [2.05, 4.69) is 0 Å². The van der Waals surface area contributed by atoms with E-state index in [1.165, 1.54) is 0 Å². The van der Waals surface area contributed by atoms with Gasteiger partial charge in [0.15, 0.2) is 5.60 Å². The molecule has 0 aromatic carbocycles. The molecule has 200 valence electrons. The van der Waals surface area contributed by atoms with E-state index in [-0.39, 0.29) is 13.2 Å². The van der Waals surface area contributed by atoms with Crippen molar-refractivity contribution in [2.75, 3.05) is 13.2 Å². The van der Waals surface area contributed by atoms with E-state index < -0.39 is 72.7 Å². The molecule has 0 saturated carbocycles. The van der Waals surface area contributed by atoms with Crippen LogP contribution in [0.1, 0.15) is 78.1 Å². The molecule has 0 aromatic heterocycles. The first-order valence-electron chi connectivity index (χ1n) is 11.3. The molecule has 0 bridgehead atoms. The Morgan fingerprint density at radius 3 is 1.43 bits per heavy atom. The molecular formula is C22H34O13. The summed E-state index contributed by atoms with van der Waals surface area (Å²) in [6, 6.07) is 0. The van der Waals surface area contributed by atoms with Gasteiger partial charge in [0.1, 0.15) is 0 Å². The molecule has 0 amide bonds. The third-order valence-electron chi connectivity index (χ3n) is 4.86. The van der Waals surface area contributed by atoms with Crippen molar-refractivity contribution >= 4 is 35.8 Å². The minimum atomic E-state index is -3.12. The van der Waals surface area contributed by atoms with Crippen LogP contribution in [0, 0.1) is 0 Å². The zero-order valence-corrected chi connectivity index (χ0v) is 19.9. The lowest BCUT2D eigenvalue weighted by molar-refractivity contribution is -0.192. The molecule has 0 heterocycles. The number of aliphatic carboxylic acids is 3. The average Bonchev–Trinajstić information content (AvgIpc) is 2.73. The van der Waals surface area contributed by atoms with Crippen molar-refractivity contribution in [3.63, 3.8) is 0 Å². The van der Waals surface area contributed by atoms with Crippen LogP contribution in [0.15, 0.2) is 0 Å². The highest BCUT2D eigenvalue weighted by molar-refractivity contribution is 5.93. The zero-order valence-electron chi connectivity index (χ0n) is 19.9. The number of hydrogen-bond acceptors (Lipinski definition) is 10. The van der Waals surface area contributed by atoms with E-state index in [0.29, 0.717) is 12.8 Å². The second-order valence-electron chi connectivity index (χ2n) is 8.07. The average molecular weight is 507 g/mol. The van der Waals surface area contributed by atoms with Gasteiger partial charge < -0.3 is 34.6 Å². The van der Waals surface area contributed by atoms with Crippen molar-refractivity contribution in [1.82, 2.24) is 0 Å². The van der Waals surface area contributed by atoms with Gasteiger partial charge in [-0.1, -0.05) is 39.5 Å². The number of carboxylic acids is 3. The highest BCUT2D eigenvalue weighted by Gasteiger charge is 2.50. The van der Waals surface area contributed by atoms with Crippen molar-refractivity contribution in [3.8, 4) is 0 Å². The Bertz CT molecular complexity index is 734. The van der Waals surface area contributed by atoms with Gasteiger partial charge in [0, 0.05) is 0 Å². The predicted molar refractivity (Wildman–Crippen MR) is 116 cm³/mol. The Balaban J connectivity index is 5.74. The molecule has 35 heavy (non-hydrogen) atoms. The number of ether oxygens (including phenoxy) is 3. The van der Waals surface area contributed by atoms with Crippen LogP contribution in [0.4, 0.5) is 0 Å². The summed E-state index contributed by atoms with van der Waals surface area (Å²) < 4.78 is 14.8. The normalized spacial score (nSPS) is 12.8. The first-order valence-corrected chi connectivity index (χ1v) is 11.3. The van der Waals surface area contributed by atoms with Gasteiger partial charge in [-0.25, -0.2) is 9.59 Å². The van der Waals surface area contributed by atoms with Crippen molar-refractivity contribution < 1.29 is 63.4 Å². The number of carbonyl (C=O) groups excluding carboxylic acids is 3. The summed E-state index contributed by atoms with van der Waals surface area (Å²) in [5.74, 6) is -9.60. The van der Waals surface area contributed by atoms with E-state index in [9.17, 15) is 39.0 Å². The standard InChI is InChI=1S/C22H34O13/c1-3-5-7-9-33-16(25)13-22(20(30)31,14-17(26)34-10-8-6-4-2)35-18(27)12-21(32,19(28)29)11-15(23)24/h32H,3-14H2,1-2H3,(H,23,24)(H,28,29)(H,30,31). The van der Waals surface area contributed by atoms with Crippen LogP contribution in [-0.4, -0.2) is 80.7 Å². The number of unbranched alkanes of at least 4 members (excludes halogenated alkanes) is 4. The minimum absolute atomic E-state index is 0.0465. The Hall–Kier alpha value is -3.22. The van der Waals surface area contributed by atoms with Crippen LogP contribution in [0.25, 0.3) is 0 Å². The fraction of sp³-hybridized carbons (Fsp3) is 0.727. The van der Waals surface area contributed by atoms with Gasteiger partial charge in [-0.3, -0.25) is 19.2 Å². The molecule has 0 aromatic rings. The van der Waals surface area contributed by atoms with Crippen LogP contribution in [-0.2, 0) is 43.0 Å². The smallest absolute Gasteiger partial charge is 0.349 e. The quantitative estimate of drug-likeness (QED) is 0.111. The van der Waals surface area contributed by atoms with Crippen molar-refractivity contribution in [2.45, 2.75) is 89.3 Å². The van der Waals surface area contributed by atoms with Gasteiger partial charge in [-0.05, 0) is 12.8 Å². The van der Waals surface area contributed by atoms with Gasteiger partial charge in [0.05, 0.1) is 38.9 Å². The van der Waals surface area contributed by atoms with Crippen LogP contribution < -0.4 is 0 Å². The monoisotopic (exact) mass is 506 g/mol. The maximum absolute atomic E-state index is 12.4. The Kier molecular flexibility index (Phi) is 14.2. The molecule has 1 unspecified atom stereocenters. The molecule has 0 aliphatic carbocycles. The maximum atomic E-state index is 12.4. The van der Waals surface area contributed by atoms with Crippen LogP contribution in [0.3, 0.4) is 0 Å². The number of hydrogen-bond donors (Lipinski definition) is 4. The third kappa shape index (κ3) is 12.2. The van der Waals surface area contributed by atoms with Gasteiger partial charge in [0.25, 0.3) is 0 Å². The van der Waals surface area contributed by atoms with E-state index >= 15 is 0 Å². The summed E-state index contributed by atoms with van der Waals surface area (Å²) in [4.78, 5) is 71.3. The van der Waals surface area contributed by atoms with Crippen LogP contribution >= 0.6 is 0 Å². The fourth-order valence-electron chi connectivity index (χ4n) is 2.93. The van der Waals surface area contributed by atoms with E-state index in [1.807, 2.05) is 13.8 Å². The summed E-state index contributed by atoms with van der Waals surface area (Å²) >= 11 is 0. The van der Waals surface area contributed by atoms with Gasteiger partial charge in [-0.15, -0.1) is 0 Å². The van der Waals surface area contributed by atoms with E-state index in [0.717, 1.165) is 25.7 Å². The zero-order chi connectivity index (χ0) is 27.1. The largest absolute Gasteiger partial charge is 0.481 e. The number of carbonyl (C=O) groups is 6. The van der Waals surface area contributed by atoms with Gasteiger partial charge in [-0.2, -0.15) is 0 Å². The third-order valence-corrected chi connectivity index (χ3v) is 4.86. The first-order chi connectivity index (χ1) is 16.3. The fourth-order valence-corrected chi connectivity index (χ4v) is 2.93. The summed E-state index contributed by atoms with van der Waals surface area (Å²) in [6.45, 7) is 3.72. The number of esters is 3. The maximum Gasteiger partial charge on any atom is 0.349 e. The lowest BCUT2D eigenvalue weighted by atomic mass is 9.93. The first kappa shape index (κ1) is 31.8. The van der Waals surface area contributed by atoms with Crippen molar-refractivity contribution in [2.24, 2.45) is 0 Å². The highest BCUT2D eigenvalue weighted by Crippen LogP contribution is 2.27.